The Labute approximate surface area is 85.6 Å². The lowest BCUT2D eigenvalue weighted by molar-refractivity contribution is 0.102. The number of H-pyrrole nitrogens is 1. The highest BCUT2D eigenvalue weighted by Gasteiger charge is 2.06. The molecule has 0 saturated carbocycles. The number of imidazole rings is 1. The molecule has 6 heteroatoms. The fourth-order valence-corrected chi connectivity index (χ4v) is 1.06. The second-order valence-corrected chi connectivity index (χ2v) is 2.89. The number of nitrogens with one attached hydrogen (secondary N) is 2. The fourth-order valence-electron chi connectivity index (χ4n) is 1.06. The summed E-state index contributed by atoms with van der Waals surface area (Å²) in [6, 6.07) is 3.29. The number of amides is 1. The van der Waals surface area contributed by atoms with Crippen LogP contribution in [0.15, 0.2) is 30.9 Å². The third-order valence-corrected chi connectivity index (χ3v) is 1.79. The van der Waals surface area contributed by atoms with Crippen LogP contribution in [0, 0.1) is 0 Å². The zero-order valence-corrected chi connectivity index (χ0v) is 7.77. The van der Waals surface area contributed by atoms with Gasteiger partial charge in [-0.05, 0) is 12.1 Å². The average molecular weight is 203 g/mol. The third kappa shape index (κ3) is 2.11. The first-order chi connectivity index (χ1) is 7.25. The Balaban J connectivity index is 2.09. The Kier molecular flexibility index (Phi) is 2.32. The van der Waals surface area contributed by atoms with E-state index in [2.05, 4.69) is 20.3 Å². The number of hydrogen-bond acceptors (Lipinski definition) is 4. The minimum Gasteiger partial charge on any atom is -0.384 e. The van der Waals surface area contributed by atoms with Gasteiger partial charge in [0.2, 0.25) is 0 Å². The van der Waals surface area contributed by atoms with Gasteiger partial charge in [0.05, 0.1) is 24.4 Å². The summed E-state index contributed by atoms with van der Waals surface area (Å²) in [5.41, 5.74) is 6.39. The maximum absolute atomic E-state index is 11.5. The lowest BCUT2D eigenvalue weighted by Crippen LogP contribution is -2.12. The molecule has 0 aromatic carbocycles. The van der Waals surface area contributed by atoms with E-state index >= 15 is 0 Å². The van der Waals surface area contributed by atoms with Crippen molar-refractivity contribution in [3.05, 3.63) is 36.5 Å². The Hall–Kier alpha value is -2.37. The molecule has 76 valence electrons. The van der Waals surface area contributed by atoms with Gasteiger partial charge >= 0.3 is 0 Å². The van der Waals surface area contributed by atoms with Crippen LogP contribution in [0.5, 0.6) is 0 Å². The number of nitrogens with zero attached hydrogens (tertiary/aromatic N) is 2. The van der Waals surface area contributed by atoms with Gasteiger partial charge in [-0.1, -0.05) is 0 Å². The summed E-state index contributed by atoms with van der Waals surface area (Å²) >= 11 is 0. The Bertz CT molecular complexity index is 448. The van der Waals surface area contributed by atoms with Crippen LogP contribution in [0.2, 0.25) is 0 Å². The predicted molar refractivity (Wildman–Crippen MR) is 55.2 cm³/mol. The topological polar surface area (TPSA) is 96.7 Å². The van der Waals surface area contributed by atoms with Crippen molar-refractivity contribution in [2.45, 2.75) is 0 Å². The Morgan fingerprint density at radius 2 is 2.27 bits per heavy atom. The SMILES string of the molecule is Nc1ccc(NC(=O)c2cnc[nH]2)cn1. The van der Waals surface area contributed by atoms with Gasteiger partial charge in [0.15, 0.2) is 0 Å². The number of anilines is 2. The highest BCUT2D eigenvalue weighted by atomic mass is 16.1. The van der Waals surface area contributed by atoms with Crippen molar-refractivity contribution in [3.8, 4) is 0 Å². The molecule has 2 rings (SSSR count). The average Bonchev–Trinajstić information content (AvgIpc) is 2.74. The van der Waals surface area contributed by atoms with Crippen molar-refractivity contribution < 1.29 is 4.79 Å². The molecule has 15 heavy (non-hydrogen) atoms. The molecule has 0 fully saturated rings. The molecule has 0 unspecified atom stereocenters. The molecule has 4 N–H and O–H groups in total. The molecule has 6 nitrogen and oxygen atoms in total. The molecule has 2 aromatic rings. The predicted octanol–water partition coefficient (Wildman–Crippen LogP) is 0.639. The van der Waals surface area contributed by atoms with Crippen LogP contribution in [0.1, 0.15) is 10.5 Å². The van der Waals surface area contributed by atoms with E-state index in [4.69, 9.17) is 5.73 Å². The first-order valence-corrected chi connectivity index (χ1v) is 4.27. The van der Waals surface area contributed by atoms with Gasteiger partial charge in [-0.2, -0.15) is 0 Å². The van der Waals surface area contributed by atoms with Gasteiger partial charge in [-0.25, -0.2) is 9.97 Å². The van der Waals surface area contributed by atoms with Crippen LogP contribution in [0.25, 0.3) is 0 Å². The number of nitrogen functional groups attached to an aromatic ring is 1. The summed E-state index contributed by atoms with van der Waals surface area (Å²) in [6.07, 6.45) is 4.37. The van der Waals surface area contributed by atoms with Gasteiger partial charge in [0.1, 0.15) is 11.5 Å². The summed E-state index contributed by atoms with van der Waals surface area (Å²) in [7, 11) is 0. The van der Waals surface area contributed by atoms with E-state index in [0.29, 0.717) is 17.2 Å². The second kappa shape index (κ2) is 3.79. The van der Waals surface area contributed by atoms with Crippen molar-refractivity contribution in [2.75, 3.05) is 11.1 Å². The van der Waals surface area contributed by atoms with E-state index in [-0.39, 0.29) is 5.91 Å². The van der Waals surface area contributed by atoms with Gasteiger partial charge in [0, 0.05) is 0 Å². The summed E-state index contributed by atoms with van der Waals surface area (Å²) < 4.78 is 0. The number of carbonyl (C=O) groups is 1. The molecule has 0 atom stereocenters. The fraction of sp³-hybridized carbons (Fsp3) is 0. The number of nitrogens with two attached hydrogens (primary N) is 1. The first-order valence-electron chi connectivity index (χ1n) is 4.27. The normalized spacial score (nSPS) is 9.87. The molecule has 0 aliphatic rings. The maximum atomic E-state index is 11.5. The number of aromatic amines is 1. The number of carbonyl (C=O) groups excluding carboxylic acids is 1. The molecule has 0 radical (unpaired) electrons. The Morgan fingerprint density at radius 3 is 2.87 bits per heavy atom. The molecule has 0 aliphatic heterocycles. The number of rotatable bonds is 2. The second-order valence-electron chi connectivity index (χ2n) is 2.89. The van der Waals surface area contributed by atoms with E-state index in [0.717, 1.165) is 0 Å². The first kappa shape index (κ1) is 9.20. The smallest absolute Gasteiger partial charge is 0.273 e. The molecule has 0 saturated heterocycles. The van der Waals surface area contributed by atoms with Crippen LogP contribution in [0.4, 0.5) is 11.5 Å². The molecule has 0 aliphatic carbocycles. The van der Waals surface area contributed by atoms with E-state index < -0.39 is 0 Å². The third-order valence-electron chi connectivity index (χ3n) is 1.79. The summed E-state index contributed by atoms with van der Waals surface area (Å²) in [4.78, 5) is 21.8. The molecule has 1 amide bonds. The molecular formula is C9H9N5O. The van der Waals surface area contributed by atoms with Crippen molar-refractivity contribution in [2.24, 2.45) is 0 Å². The summed E-state index contributed by atoms with van der Waals surface area (Å²) in [5.74, 6) is 0.147. The number of aromatic nitrogens is 3. The molecule has 0 spiro atoms. The number of pyridine rings is 1. The lowest BCUT2D eigenvalue weighted by atomic mass is 10.3. The van der Waals surface area contributed by atoms with E-state index in [9.17, 15) is 4.79 Å². The molecule has 2 aromatic heterocycles. The highest BCUT2D eigenvalue weighted by Crippen LogP contribution is 2.08. The van der Waals surface area contributed by atoms with Crippen LogP contribution in [-0.4, -0.2) is 20.9 Å². The zero-order valence-electron chi connectivity index (χ0n) is 7.77. The highest BCUT2D eigenvalue weighted by molar-refractivity contribution is 6.02. The van der Waals surface area contributed by atoms with Crippen molar-refractivity contribution in [3.63, 3.8) is 0 Å². The molecule has 2 heterocycles. The summed E-state index contributed by atoms with van der Waals surface area (Å²) in [6.45, 7) is 0. The Morgan fingerprint density at radius 1 is 1.40 bits per heavy atom. The standard InChI is InChI=1S/C9H9N5O/c10-8-2-1-6(3-12-8)14-9(15)7-4-11-5-13-7/h1-5H,(H2,10,12)(H,11,13)(H,14,15). The molecule has 0 bridgehead atoms. The summed E-state index contributed by atoms with van der Waals surface area (Å²) in [5, 5.41) is 2.64. The van der Waals surface area contributed by atoms with Crippen LogP contribution < -0.4 is 11.1 Å². The quantitative estimate of drug-likeness (QED) is 0.667. The van der Waals surface area contributed by atoms with E-state index in [1.807, 2.05) is 0 Å². The van der Waals surface area contributed by atoms with Crippen LogP contribution in [-0.2, 0) is 0 Å². The maximum Gasteiger partial charge on any atom is 0.273 e. The molecular weight excluding hydrogens is 194 g/mol. The number of hydrogen-bond donors (Lipinski definition) is 3. The van der Waals surface area contributed by atoms with Crippen molar-refractivity contribution in [1.29, 1.82) is 0 Å². The van der Waals surface area contributed by atoms with Crippen molar-refractivity contribution in [1.82, 2.24) is 15.0 Å². The monoisotopic (exact) mass is 203 g/mol. The van der Waals surface area contributed by atoms with Crippen molar-refractivity contribution >= 4 is 17.4 Å². The van der Waals surface area contributed by atoms with E-state index in [1.54, 1.807) is 12.1 Å². The van der Waals surface area contributed by atoms with Crippen LogP contribution >= 0.6 is 0 Å². The lowest BCUT2D eigenvalue weighted by Gasteiger charge is -2.02. The van der Waals surface area contributed by atoms with Gasteiger partial charge in [-0.15, -0.1) is 0 Å². The minimum absolute atomic E-state index is 0.265. The zero-order chi connectivity index (χ0) is 10.7. The minimum atomic E-state index is -0.265. The van der Waals surface area contributed by atoms with Gasteiger partial charge in [-0.3, -0.25) is 4.79 Å². The van der Waals surface area contributed by atoms with Gasteiger partial charge in [0.25, 0.3) is 5.91 Å². The van der Waals surface area contributed by atoms with E-state index in [1.165, 1.54) is 18.7 Å². The van der Waals surface area contributed by atoms with Gasteiger partial charge < -0.3 is 16.0 Å². The largest absolute Gasteiger partial charge is 0.384 e. The van der Waals surface area contributed by atoms with Crippen LogP contribution in [0.3, 0.4) is 0 Å².